The maximum Gasteiger partial charge on any atom is 0.258 e. The molecule has 0 bridgehead atoms. The Morgan fingerprint density at radius 1 is 1.40 bits per heavy atom. The first kappa shape index (κ1) is 9.48. The number of hydrogen-bond donors (Lipinski definition) is 2. The Kier molecular flexibility index (Phi) is 2.51. The number of carbonyl (C=O) groups is 1. The van der Waals surface area contributed by atoms with Gasteiger partial charge in [-0.15, -0.1) is 0 Å². The Bertz CT molecular complexity index is 481. The fourth-order valence-electron chi connectivity index (χ4n) is 1.29. The third-order valence-corrected chi connectivity index (χ3v) is 1.99. The molecule has 0 aliphatic carbocycles. The fourth-order valence-corrected chi connectivity index (χ4v) is 1.29. The van der Waals surface area contributed by atoms with Crippen LogP contribution in [0.4, 0.5) is 0 Å². The lowest BCUT2D eigenvalue weighted by Crippen LogP contribution is -2.27. The Morgan fingerprint density at radius 3 is 2.93 bits per heavy atom. The van der Waals surface area contributed by atoms with Crippen molar-refractivity contribution < 1.29 is 9.21 Å². The first-order valence-corrected chi connectivity index (χ1v) is 4.47. The Hall–Kier alpha value is -2.07. The molecule has 0 spiro atoms. The predicted octanol–water partition coefficient (Wildman–Crippen LogP) is 1.44. The number of para-hydroxylation sites is 1. The van der Waals surface area contributed by atoms with Crippen LogP contribution < -0.4 is 11.3 Å². The highest BCUT2D eigenvalue weighted by atomic mass is 16.3. The molecular formula is C11H10N2O2. The van der Waals surface area contributed by atoms with Crippen LogP contribution in [0, 0.1) is 0 Å². The van der Waals surface area contributed by atoms with E-state index in [4.69, 9.17) is 10.3 Å². The molecule has 4 nitrogen and oxygen atoms in total. The zero-order valence-electron chi connectivity index (χ0n) is 7.94. The molecule has 0 fully saturated rings. The van der Waals surface area contributed by atoms with Crippen LogP contribution in [0.15, 0.2) is 40.8 Å². The van der Waals surface area contributed by atoms with Gasteiger partial charge in [-0.1, -0.05) is 18.2 Å². The van der Waals surface area contributed by atoms with Gasteiger partial charge in [0.1, 0.15) is 11.3 Å². The van der Waals surface area contributed by atoms with E-state index < -0.39 is 0 Å². The molecule has 3 N–H and O–H groups in total. The van der Waals surface area contributed by atoms with E-state index >= 15 is 0 Å². The third-order valence-electron chi connectivity index (χ3n) is 1.99. The van der Waals surface area contributed by atoms with E-state index in [0.29, 0.717) is 5.76 Å². The lowest BCUT2D eigenvalue weighted by atomic mass is 10.2. The fraction of sp³-hybridized carbons (Fsp3) is 0. The molecule has 76 valence electrons. The van der Waals surface area contributed by atoms with Gasteiger partial charge in [0.15, 0.2) is 0 Å². The van der Waals surface area contributed by atoms with Crippen molar-refractivity contribution in [3.63, 3.8) is 0 Å². The van der Waals surface area contributed by atoms with E-state index in [1.807, 2.05) is 35.8 Å². The van der Waals surface area contributed by atoms with Crippen LogP contribution in [0.2, 0.25) is 0 Å². The second-order valence-electron chi connectivity index (χ2n) is 3.03. The second-order valence-corrected chi connectivity index (χ2v) is 3.03. The van der Waals surface area contributed by atoms with Crippen molar-refractivity contribution in [1.82, 2.24) is 5.43 Å². The molecule has 1 heterocycles. The zero-order valence-corrected chi connectivity index (χ0v) is 7.94. The largest absolute Gasteiger partial charge is 0.457 e. The zero-order chi connectivity index (χ0) is 10.7. The minimum absolute atomic E-state index is 0.365. The van der Waals surface area contributed by atoms with Gasteiger partial charge in [-0.2, -0.15) is 0 Å². The van der Waals surface area contributed by atoms with E-state index in [2.05, 4.69) is 0 Å². The third kappa shape index (κ3) is 2.05. The average molecular weight is 202 g/mol. The highest BCUT2D eigenvalue weighted by molar-refractivity contribution is 5.91. The standard InChI is InChI=1S/C11H10N2O2/c12-13-11(14)6-5-9-7-8-3-1-2-4-10(8)15-9/h1-7H,12H2,(H,13,14)/b6-5+. The Balaban J connectivity index is 2.29. The lowest BCUT2D eigenvalue weighted by molar-refractivity contribution is -0.116. The van der Waals surface area contributed by atoms with Crippen LogP contribution in [-0.2, 0) is 4.79 Å². The number of nitrogens with two attached hydrogens (primary N) is 1. The number of benzene rings is 1. The number of carbonyl (C=O) groups excluding carboxylic acids is 1. The maximum atomic E-state index is 10.8. The molecule has 15 heavy (non-hydrogen) atoms. The highest BCUT2D eigenvalue weighted by Crippen LogP contribution is 2.19. The maximum absolute atomic E-state index is 10.8. The summed E-state index contributed by atoms with van der Waals surface area (Å²) in [5.41, 5.74) is 2.80. The van der Waals surface area contributed by atoms with Gasteiger partial charge in [0.25, 0.3) is 5.91 Å². The van der Waals surface area contributed by atoms with Gasteiger partial charge in [0.2, 0.25) is 0 Å². The molecule has 2 aromatic rings. The second kappa shape index (κ2) is 3.98. The van der Waals surface area contributed by atoms with Crippen molar-refractivity contribution in [2.24, 2.45) is 5.84 Å². The molecule has 0 atom stereocenters. The lowest BCUT2D eigenvalue weighted by Gasteiger charge is -1.87. The number of nitrogens with one attached hydrogen (secondary N) is 1. The van der Waals surface area contributed by atoms with Gasteiger partial charge in [0.05, 0.1) is 0 Å². The van der Waals surface area contributed by atoms with Gasteiger partial charge in [0, 0.05) is 11.5 Å². The summed E-state index contributed by atoms with van der Waals surface area (Å²) in [5, 5.41) is 1.00. The SMILES string of the molecule is NNC(=O)/C=C/c1cc2ccccc2o1. The molecule has 1 amide bonds. The minimum Gasteiger partial charge on any atom is -0.457 e. The molecule has 0 saturated carbocycles. The van der Waals surface area contributed by atoms with Crippen molar-refractivity contribution >= 4 is 23.0 Å². The highest BCUT2D eigenvalue weighted by Gasteiger charge is 1.99. The van der Waals surface area contributed by atoms with Gasteiger partial charge in [-0.3, -0.25) is 10.2 Å². The van der Waals surface area contributed by atoms with Gasteiger partial charge in [-0.05, 0) is 18.2 Å². The van der Waals surface area contributed by atoms with Crippen molar-refractivity contribution in [2.45, 2.75) is 0 Å². The van der Waals surface area contributed by atoms with E-state index in [1.165, 1.54) is 6.08 Å². The summed E-state index contributed by atoms with van der Waals surface area (Å²) in [6, 6.07) is 9.49. The van der Waals surface area contributed by atoms with E-state index in [1.54, 1.807) is 6.08 Å². The molecule has 0 aliphatic heterocycles. The van der Waals surface area contributed by atoms with Crippen LogP contribution in [0.25, 0.3) is 17.0 Å². The molecule has 4 heteroatoms. The van der Waals surface area contributed by atoms with Crippen molar-refractivity contribution in [3.8, 4) is 0 Å². The summed E-state index contributed by atoms with van der Waals surface area (Å²) in [6.07, 6.45) is 2.89. The topological polar surface area (TPSA) is 68.3 Å². The average Bonchev–Trinajstić information content (AvgIpc) is 2.68. The number of furan rings is 1. The van der Waals surface area contributed by atoms with Gasteiger partial charge >= 0.3 is 0 Å². The monoisotopic (exact) mass is 202 g/mol. The Labute approximate surface area is 86.3 Å². The number of amides is 1. The number of rotatable bonds is 2. The van der Waals surface area contributed by atoms with Crippen molar-refractivity contribution in [2.75, 3.05) is 0 Å². The molecule has 0 unspecified atom stereocenters. The van der Waals surface area contributed by atoms with Gasteiger partial charge < -0.3 is 4.42 Å². The minimum atomic E-state index is -0.365. The summed E-state index contributed by atoms with van der Waals surface area (Å²) < 4.78 is 5.46. The van der Waals surface area contributed by atoms with Crippen LogP contribution in [-0.4, -0.2) is 5.91 Å². The molecule has 1 aromatic carbocycles. The molecule has 0 radical (unpaired) electrons. The molecule has 0 saturated heterocycles. The van der Waals surface area contributed by atoms with Crippen LogP contribution in [0.3, 0.4) is 0 Å². The van der Waals surface area contributed by atoms with Crippen LogP contribution >= 0.6 is 0 Å². The summed E-state index contributed by atoms with van der Waals surface area (Å²) in [6.45, 7) is 0. The smallest absolute Gasteiger partial charge is 0.258 e. The van der Waals surface area contributed by atoms with E-state index in [9.17, 15) is 4.79 Å². The summed E-state index contributed by atoms with van der Waals surface area (Å²) >= 11 is 0. The van der Waals surface area contributed by atoms with E-state index in [0.717, 1.165) is 11.0 Å². The summed E-state index contributed by atoms with van der Waals surface area (Å²) in [5.74, 6) is 5.19. The molecule has 1 aromatic heterocycles. The number of hydrazine groups is 1. The van der Waals surface area contributed by atoms with Crippen LogP contribution in [0.1, 0.15) is 5.76 Å². The van der Waals surface area contributed by atoms with Gasteiger partial charge in [-0.25, -0.2) is 5.84 Å². The molecule has 0 aliphatic rings. The quantitative estimate of drug-likeness (QED) is 0.335. The normalized spacial score (nSPS) is 11.0. The van der Waals surface area contributed by atoms with E-state index in [-0.39, 0.29) is 5.91 Å². The predicted molar refractivity (Wildman–Crippen MR) is 57.6 cm³/mol. The number of fused-ring (bicyclic) bond motifs is 1. The van der Waals surface area contributed by atoms with Crippen LogP contribution in [0.5, 0.6) is 0 Å². The van der Waals surface area contributed by atoms with Crippen molar-refractivity contribution in [1.29, 1.82) is 0 Å². The number of hydrogen-bond acceptors (Lipinski definition) is 3. The Morgan fingerprint density at radius 2 is 2.20 bits per heavy atom. The van der Waals surface area contributed by atoms with Crippen molar-refractivity contribution in [3.05, 3.63) is 42.2 Å². The molecular weight excluding hydrogens is 192 g/mol. The molecule has 2 rings (SSSR count). The first-order valence-electron chi connectivity index (χ1n) is 4.47. The first-order chi connectivity index (χ1) is 7.29. The summed E-state index contributed by atoms with van der Waals surface area (Å²) in [4.78, 5) is 10.8. The summed E-state index contributed by atoms with van der Waals surface area (Å²) in [7, 11) is 0.